The van der Waals surface area contributed by atoms with Crippen molar-refractivity contribution in [2.45, 2.75) is 17.9 Å². The number of ether oxygens (including phenoxy) is 1. The fourth-order valence-electron chi connectivity index (χ4n) is 2.91. The second kappa shape index (κ2) is 8.22. The number of hydrogen-bond acceptors (Lipinski definition) is 5. The summed E-state index contributed by atoms with van der Waals surface area (Å²) in [5.41, 5.74) is -0.0778. The molecule has 1 atom stereocenters. The Morgan fingerprint density at radius 1 is 1.20 bits per heavy atom. The van der Waals surface area contributed by atoms with Gasteiger partial charge in [-0.05, 0) is 36.4 Å². The van der Waals surface area contributed by atoms with Crippen molar-refractivity contribution < 1.29 is 41.0 Å². The lowest BCUT2D eigenvalue weighted by Crippen LogP contribution is -2.25. The van der Waals surface area contributed by atoms with E-state index >= 15 is 0 Å². The van der Waals surface area contributed by atoms with Gasteiger partial charge in [-0.15, -0.1) is 0 Å². The predicted molar refractivity (Wildman–Crippen MR) is 98.4 cm³/mol. The zero-order chi connectivity index (χ0) is 22.1. The summed E-state index contributed by atoms with van der Waals surface area (Å²) in [5, 5.41) is 9.03. The molecule has 160 valence electrons. The van der Waals surface area contributed by atoms with Gasteiger partial charge in [0, 0.05) is 24.7 Å². The third kappa shape index (κ3) is 4.64. The molecule has 2 N–H and O–H groups in total. The minimum absolute atomic E-state index is 0.0393. The van der Waals surface area contributed by atoms with Crippen LogP contribution < -0.4 is 14.4 Å². The summed E-state index contributed by atoms with van der Waals surface area (Å²) in [7, 11) is -4.26. The van der Waals surface area contributed by atoms with Gasteiger partial charge in [0.1, 0.15) is 5.82 Å². The molecule has 1 amide bonds. The number of alkyl halides is 2. The number of benzene rings is 2. The van der Waals surface area contributed by atoms with Crippen LogP contribution >= 0.6 is 0 Å². The standard InChI is InChI=1S/C18H15F3N2O6S/c19-11-1-6-14(15(8-11)29-18(20)21)22-30(27,28)13-4-2-12(3-5-13)23-9-10(17(25)26)7-16(23)24/h1-6,8,10,18,22H,7,9H2,(H,25,26). The molecule has 1 unspecified atom stereocenters. The van der Waals surface area contributed by atoms with Crippen LogP contribution in [0.1, 0.15) is 6.42 Å². The van der Waals surface area contributed by atoms with E-state index in [1.807, 2.05) is 4.72 Å². The summed E-state index contributed by atoms with van der Waals surface area (Å²) < 4.78 is 69.6. The number of nitrogens with one attached hydrogen (secondary N) is 1. The zero-order valence-electron chi connectivity index (χ0n) is 15.1. The van der Waals surface area contributed by atoms with Gasteiger partial charge >= 0.3 is 12.6 Å². The van der Waals surface area contributed by atoms with Crippen molar-refractivity contribution in [3.8, 4) is 5.75 Å². The van der Waals surface area contributed by atoms with Gasteiger partial charge in [0.25, 0.3) is 10.0 Å². The van der Waals surface area contributed by atoms with E-state index in [1.54, 1.807) is 0 Å². The Morgan fingerprint density at radius 2 is 1.87 bits per heavy atom. The molecule has 0 bridgehead atoms. The van der Waals surface area contributed by atoms with E-state index in [-0.39, 0.29) is 23.5 Å². The highest BCUT2D eigenvalue weighted by molar-refractivity contribution is 7.92. The molecule has 8 nitrogen and oxygen atoms in total. The number of carbonyl (C=O) groups excluding carboxylic acids is 1. The van der Waals surface area contributed by atoms with Crippen molar-refractivity contribution in [3.63, 3.8) is 0 Å². The van der Waals surface area contributed by atoms with Gasteiger partial charge in [-0.2, -0.15) is 8.78 Å². The maximum atomic E-state index is 13.3. The zero-order valence-corrected chi connectivity index (χ0v) is 15.9. The molecule has 0 saturated carbocycles. The molecule has 12 heteroatoms. The number of halogens is 3. The number of sulfonamides is 1. The van der Waals surface area contributed by atoms with E-state index in [2.05, 4.69) is 4.74 Å². The highest BCUT2D eigenvalue weighted by Gasteiger charge is 2.35. The van der Waals surface area contributed by atoms with Crippen LogP contribution in [0.3, 0.4) is 0 Å². The van der Waals surface area contributed by atoms with E-state index in [4.69, 9.17) is 5.11 Å². The first-order valence-electron chi connectivity index (χ1n) is 8.47. The first-order valence-corrected chi connectivity index (χ1v) is 9.95. The van der Waals surface area contributed by atoms with Crippen LogP contribution in [-0.2, 0) is 19.6 Å². The molecule has 3 rings (SSSR count). The third-order valence-corrected chi connectivity index (χ3v) is 5.72. The summed E-state index contributed by atoms with van der Waals surface area (Å²) in [5.74, 6) is -3.94. The number of anilines is 2. The number of carboxylic acids is 1. The van der Waals surface area contributed by atoms with Crippen LogP contribution in [0.4, 0.5) is 24.5 Å². The van der Waals surface area contributed by atoms with Gasteiger partial charge in [-0.25, -0.2) is 12.8 Å². The molecule has 30 heavy (non-hydrogen) atoms. The van der Waals surface area contributed by atoms with Gasteiger partial charge in [0.2, 0.25) is 5.91 Å². The van der Waals surface area contributed by atoms with Crippen LogP contribution in [0.25, 0.3) is 0 Å². The highest BCUT2D eigenvalue weighted by atomic mass is 32.2. The van der Waals surface area contributed by atoms with Crippen molar-refractivity contribution in [1.29, 1.82) is 0 Å². The van der Waals surface area contributed by atoms with Gasteiger partial charge in [-0.1, -0.05) is 0 Å². The normalized spacial score (nSPS) is 16.7. The number of hydrogen-bond donors (Lipinski definition) is 2. The van der Waals surface area contributed by atoms with Gasteiger partial charge in [-0.3, -0.25) is 14.3 Å². The second-order valence-electron chi connectivity index (χ2n) is 6.36. The van der Waals surface area contributed by atoms with E-state index in [9.17, 15) is 31.2 Å². The first kappa shape index (κ1) is 21.4. The molecule has 0 aliphatic carbocycles. The molecule has 2 aromatic carbocycles. The quantitative estimate of drug-likeness (QED) is 0.679. The molecule has 1 fully saturated rings. The maximum Gasteiger partial charge on any atom is 0.387 e. The second-order valence-corrected chi connectivity index (χ2v) is 8.04. The van der Waals surface area contributed by atoms with Crippen LogP contribution in [0.5, 0.6) is 5.75 Å². The lowest BCUT2D eigenvalue weighted by molar-refractivity contribution is -0.141. The fraction of sp³-hybridized carbons (Fsp3) is 0.222. The summed E-state index contributed by atoms with van der Waals surface area (Å²) in [4.78, 5) is 24.0. The topological polar surface area (TPSA) is 113 Å². The summed E-state index contributed by atoms with van der Waals surface area (Å²) in [6, 6.07) is 7.39. The fourth-order valence-corrected chi connectivity index (χ4v) is 3.98. The molecule has 0 aromatic heterocycles. The Morgan fingerprint density at radius 3 is 2.43 bits per heavy atom. The van der Waals surface area contributed by atoms with Crippen LogP contribution in [0, 0.1) is 11.7 Å². The Hall–Kier alpha value is -3.28. The molecule has 2 aromatic rings. The molecular weight excluding hydrogens is 429 g/mol. The van der Waals surface area contributed by atoms with Gasteiger partial charge in [0.05, 0.1) is 16.5 Å². The SMILES string of the molecule is O=C(O)C1CC(=O)N(c2ccc(S(=O)(=O)Nc3ccc(F)cc3OC(F)F)cc2)C1. The summed E-state index contributed by atoms with van der Waals surface area (Å²) in [6.45, 7) is -3.33. The number of carbonyl (C=O) groups is 2. The Labute approximate surface area is 168 Å². The largest absolute Gasteiger partial charge is 0.481 e. The third-order valence-electron chi connectivity index (χ3n) is 4.34. The monoisotopic (exact) mass is 444 g/mol. The molecule has 1 saturated heterocycles. The number of nitrogens with zero attached hydrogens (tertiary/aromatic N) is 1. The van der Waals surface area contributed by atoms with E-state index < -0.39 is 46.0 Å². The van der Waals surface area contributed by atoms with Crippen LogP contribution in [-0.4, -0.2) is 38.6 Å². The smallest absolute Gasteiger partial charge is 0.387 e. The Kier molecular flexibility index (Phi) is 5.87. The number of amides is 1. The molecule has 1 heterocycles. The van der Waals surface area contributed by atoms with Crippen molar-refractivity contribution in [3.05, 3.63) is 48.3 Å². The van der Waals surface area contributed by atoms with Crippen LogP contribution in [0.15, 0.2) is 47.4 Å². The summed E-state index contributed by atoms with van der Waals surface area (Å²) >= 11 is 0. The average molecular weight is 444 g/mol. The van der Waals surface area contributed by atoms with Crippen molar-refractivity contribution in [2.24, 2.45) is 5.92 Å². The van der Waals surface area contributed by atoms with E-state index in [0.29, 0.717) is 11.8 Å². The number of rotatable bonds is 7. The maximum absolute atomic E-state index is 13.3. The van der Waals surface area contributed by atoms with Crippen molar-refractivity contribution in [2.75, 3.05) is 16.2 Å². The Balaban J connectivity index is 1.81. The van der Waals surface area contributed by atoms with E-state index in [1.165, 1.54) is 17.0 Å². The average Bonchev–Trinajstić information content (AvgIpc) is 3.06. The Bertz CT molecular complexity index is 1080. The lowest BCUT2D eigenvalue weighted by atomic mass is 10.1. The van der Waals surface area contributed by atoms with Crippen molar-refractivity contribution >= 4 is 33.3 Å². The minimum Gasteiger partial charge on any atom is -0.481 e. The molecular formula is C18H15F3N2O6S. The minimum atomic E-state index is -4.26. The van der Waals surface area contributed by atoms with Crippen molar-refractivity contribution in [1.82, 2.24) is 0 Å². The van der Waals surface area contributed by atoms with Gasteiger partial charge in [0.15, 0.2) is 5.75 Å². The lowest BCUT2D eigenvalue weighted by Gasteiger charge is -2.17. The molecule has 0 spiro atoms. The molecule has 0 radical (unpaired) electrons. The summed E-state index contributed by atoms with van der Waals surface area (Å²) in [6.07, 6.45) is -0.158. The predicted octanol–water partition coefficient (Wildman–Crippen LogP) is 2.67. The van der Waals surface area contributed by atoms with Gasteiger partial charge < -0.3 is 14.7 Å². The van der Waals surface area contributed by atoms with E-state index in [0.717, 1.165) is 24.3 Å². The van der Waals surface area contributed by atoms with Crippen LogP contribution in [0.2, 0.25) is 0 Å². The molecule has 1 aliphatic rings. The first-order chi connectivity index (χ1) is 14.1. The highest BCUT2D eigenvalue weighted by Crippen LogP contribution is 2.30. The number of aliphatic carboxylic acids is 1. The molecule has 1 aliphatic heterocycles. The number of carboxylic acid groups (broad SMARTS) is 1.